The van der Waals surface area contributed by atoms with Crippen molar-refractivity contribution in [3.8, 4) is 0 Å². The molecule has 8 nitrogen and oxygen atoms in total. The quantitative estimate of drug-likeness (QED) is 0.601. The van der Waals surface area contributed by atoms with E-state index in [4.69, 9.17) is 10.2 Å². The van der Waals surface area contributed by atoms with Gasteiger partial charge in [-0.25, -0.2) is 19.6 Å². The summed E-state index contributed by atoms with van der Waals surface area (Å²) < 4.78 is 0. The van der Waals surface area contributed by atoms with Crippen LogP contribution in [-0.4, -0.2) is 32.1 Å². The van der Waals surface area contributed by atoms with E-state index in [9.17, 15) is 9.59 Å². The predicted molar refractivity (Wildman–Crippen MR) is 69.6 cm³/mol. The molecule has 0 aliphatic carbocycles. The summed E-state index contributed by atoms with van der Waals surface area (Å²) in [4.78, 5) is 29.1. The van der Waals surface area contributed by atoms with Gasteiger partial charge in [-0.1, -0.05) is 0 Å². The second-order valence-corrected chi connectivity index (χ2v) is 3.72. The number of carboxylic acid groups (broad SMARTS) is 2. The molecular formula is C12H10N4O4. The minimum Gasteiger partial charge on any atom is -0.478 e. The summed E-state index contributed by atoms with van der Waals surface area (Å²) in [5, 5.41) is 17.4. The Morgan fingerprint density at radius 3 is 1.45 bits per heavy atom. The molecular weight excluding hydrogens is 264 g/mol. The second-order valence-electron chi connectivity index (χ2n) is 3.72. The fraction of sp³-hybridized carbons (Fsp3) is 0. The summed E-state index contributed by atoms with van der Waals surface area (Å²) in [7, 11) is 0. The fourth-order valence-corrected chi connectivity index (χ4v) is 1.32. The van der Waals surface area contributed by atoms with Crippen LogP contribution in [0.1, 0.15) is 20.7 Å². The van der Waals surface area contributed by atoms with Crippen LogP contribution in [0.5, 0.6) is 0 Å². The van der Waals surface area contributed by atoms with E-state index in [-0.39, 0.29) is 11.1 Å². The maximum Gasteiger partial charge on any atom is 0.337 e. The van der Waals surface area contributed by atoms with Gasteiger partial charge in [-0.05, 0) is 24.3 Å². The lowest BCUT2D eigenvalue weighted by atomic mass is 10.3. The van der Waals surface area contributed by atoms with Gasteiger partial charge >= 0.3 is 11.9 Å². The molecule has 0 bridgehead atoms. The molecule has 102 valence electrons. The van der Waals surface area contributed by atoms with Gasteiger partial charge in [0.2, 0.25) is 0 Å². The Morgan fingerprint density at radius 2 is 1.20 bits per heavy atom. The maximum atomic E-state index is 10.6. The van der Waals surface area contributed by atoms with Crippen LogP contribution in [0.3, 0.4) is 0 Å². The normalized spacial score (nSPS) is 9.80. The molecule has 2 aromatic heterocycles. The molecule has 0 amide bonds. The zero-order valence-corrected chi connectivity index (χ0v) is 10.1. The summed E-state index contributed by atoms with van der Waals surface area (Å²) in [6.45, 7) is 0. The maximum absolute atomic E-state index is 10.6. The molecule has 0 aliphatic rings. The van der Waals surface area contributed by atoms with E-state index in [1.54, 1.807) is 0 Å². The molecule has 0 atom stereocenters. The number of pyridine rings is 2. The van der Waals surface area contributed by atoms with Crippen LogP contribution in [0.15, 0.2) is 36.7 Å². The number of nitrogens with zero attached hydrogens (tertiary/aromatic N) is 2. The van der Waals surface area contributed by atoms with Crippen molar-refractivity contribution in [3.63, 3.8) is 0 Å². The highest BCUT2D eigenvalue weighted by Gasteiger charge is 2.04. The molecule has 0 fully saturated rings. The average molecular weight is 274 g/mol. The van der Waals surface area contributed by atoms with Crippen molar-refractivity contribution in [2.24, 2.45) is 0 Å². The highest BCUT2D eigenvalue weighted by Crippen LogP contribution is 2.08. The molecule has 0 aliphatic heterocycles. The van der Waals surface area contributed by atoms with E-state index < -0.39 is 11.9 Å². The van der Waals surface area contributed by atoms with Crippen molar-refractivity contribution in [2.45, 2.75) is 0 Å². The molecule has 0 saturated carbocycles. The molecule has 2 heterocycles. The van der Waals surface area contributed by atoms with E-state index in [1.807, 2.05) is 0 Å². The van der Waals surface area contributed by atoms with Crippen LogP contribution in [0, 0.1) is 0 Å². The number of aromatic nitrogens is 2. The first-order chi connectivity index (χ1) is 9.56. The van der Waals surface area contributed by atoms with Gasteiger partial charge in [-0.3, -0.25) is 10.9 Å². The van der Waals surface area contributed by atoms with E-state index >= 15 is 0 Å². The predicted octanol–water partition coefficient (Wildman–Crippen LogP) is 1.31. The van der Waals surface area contributed by atoms with Gasteiger partial charge in [0.15, 0.2) is 0 Å². The second kappa shape index (κ2) is 5.65. The third-order valence-corrected chi connectivity index (χ3v) is 2.34. The summed E-state index contributed by atoms with van der Waals surface area (Å²) >= 11 is 0. The number of carbonyl (C=O) groups is 2. The van der Waals surface area contributed by atoms with Crippen molar-refractivity contribution >= 4 is 23.6 Å². The lowest BCUT2D eigenvalue weighted by molar-refractivity contribution is 0.0685. The number of hydrogen-bond acceptors (Lipinski definition) is 6. The van der Waals surface area contributed by atoms with Crippen LogP contribution in [0.25, 0.3) is 0 Å². The number of hydrazine groups is 1. The van der Waals surface area contributed by atoms with E-state index in [0.717, 1.165) is 0 Å². The lowest BCUT2D eigenvalue weighted by Crippen LogP contribution is -2.12. The summed E-state index contributed by atoms with van der Waals surface area (Å²) in [6, 6.07) is 5.78. The summed E-state index contributed by atoms with van der Waals surface area (Å²) in [5.74, 6) is -1.30. The molecule has 20 heavy (non-hydrogen) atoms. The van der Waals surface area contributed by atoms with Crippen LogP contribution in [0.4, 0.5) is 11.6 Å². The standard InChI is InChI=1S/C12H10N4O4/c17-11(18)7-1-3-9(13-5-7)15-16-10-4-2-8(6-14-10)12(19)20/h1-6H,(H,13,15)(H,14,16)(H,17,18)(H,19,20). The van der Waals surface area contributed by atoms with Crippen molar-refractivity contribution in [1.82, 2.24) is 9.97 Å². The van der Waals surface area contributed by atoms with E-state index in [1.165, 1.54) is 36.7 Å². The molecule has 0 radical (unpaired) electrons. The topological polar surface area (TPSA) is 124 Å². The molecule has 0 aromatic carbocycles. The number of carboxylic acids is 2. The van der Waals surface area contributed by atoms with Gasteiger partial charge in [0.1, 0.15) is 11.6 Å². The monoisotopic (exact) mass is 274 g/mol. The first kappa shape index (κ1) is 13.3. The molecule has 2 aromatic rings. The fourth-order valence-electron chi connectivity index (χ4n) is 1.32. The van der Waals surface area contributed by atoms with Crippen molar-refractivity contribution < 1.29 is 19.8 Å². The number of hydrogen-bond donors (Lipinski definition) is 4. The number of anilines is 2. The highest BCUT2D eigenvalue weighted by molar-refractivity contribution is 5.87. The summed E-state index contributed by atoms with van der Waals surface area (Å²) in [5.41, 5.74) is 5.59. The highest BCUT2D eigenvalue weighted by atomic mass is 16.4. The SMILES string of the molecule is O=C(O)c1ccc(NNc2ccc(C(=O)O)cn2)nc1. The Morgan fingerprint density at radius 1 is 0.800 bits per heavy atom. The third-order valence-electron chi connectivity index (χ3n) is 2.34. The number of aromatic carboxylic acids is 2. The van der Waals surface area contributed by atoms with Crippen molar-refractivity contribution in [2.75, 3.05) is 10.9 Å². The molecule has 0 saturated heterocycles. The Balaban J connectivity index is 1.97. The minimum absolute atomic E-state index is 0.0829. The van der Waals surface area contributed by atoms with Gasteiger partial charge in [-0.15, -0.1) is 0 Å². The Kier molecular flexibility index (Phi) is 3.75. The third kappa shape index (κ3) is 3.19. The number of nitrogens with one attached hydrogen (secondary N) is 2. The molecule has 4 N–H and O–H groups in total. The van der Waals surface area contributed by atoms with Gasteiger partial charge < -0.3 is 10.2 Å². The number of rotatable bonds is 5. The van der Waals surface area contributed by atoms with Gasteiger partial charge in [0.05, 0.1) is 11.1 Å². The molecule has 2 rings (SSSR count). The molecule has 0 unspecified atom stereocenters. The van der Waals surface area contributed by atoms with Crippen molar-refractivity contribution in [1.29, 1.82) is 0 Å². The zero-order valence-electron chi connectivity index (χ0n) is 10.1. The zero-order chi connectivity index (χ0) is 14.5. The Hall–Kier alpha value is -3.16. The first-order valence-corrected chi connectivity index (χ1v) is 5.47. The van der Waals surface area contributed by atoms with Crippen LogP contribution in [-0.2, 0) is 0 Å². The Bertz CT molecular complexity index is 567. The van der Waals surface area contributed by atoms with E-state index in [2.05, 4.69) is 20.8 Å². The average Bonchev–Trinajstić information content (AvgIpc) is 2.46. The Labute approximate surface area is 113 Å². The lowest BCUT2D eigenvalue weighted by Gasteiger charge is -2.08. The smallest absolute Gasteiger partial charge is 0.337 e. The van der Waals surface area contributed by atoms with Gasteiger partial charge in [-0.2, -0.15) is 0 Å². The van der Waals surface area contributed by atoms with Crippen LogP contribution in [0.2, 0.25) is 0 Å². The molecule has 0 spiro atoms. The minimum atomic E-state index is -1.05. The first-order valence-electron chi connectivity index (χ1n) is 5.47. The molecule has 8 heteroatoms. The van der Waals surface area contributed by atoms with Crippen LogP contribution >= 0.6 is 0 Å². The van der Waals surface area contributed by atoms with Gasteiger partial charge in [0, 0.05) is 12.4 Å². The van der Waals surface area contributed by atoms with Gasteiger partial charge in [0.25, 0.3) is 0 Å². The largest absolute Gasteiger partial charge is 0.478 e. The van der Waals surface area contributed by atoms with Crippen LogP contribution < -0.4 is 10.9 Å². The van der Waals surface area contributed by atoms with E-state index in [0.29, 0.717) is 11.6 Å². The van der Waals surface area contributed by atoms with Crippen molar-refractivity contribution in [3.05, 3.63) is 47.8 Å². The summed E-state index contributed by atoms with van der Waals surface area (Å²) in [6.07, 6.45) is 2.43.